The second-order valence-corrected chi connectivity index (χ2v) is 6.78. The number of hydrogen-bond acceptors (Lipinski definition) is 7. The highest BCUT2D eigenvalue weighted by Gasteiger charge is 2.19. The van der Waals surface area contributed by atoms with E-state index >= 15 is 0 Å². The molecule has 1 fully saturated rings. The van der Waals surface area contributed by atoms with Gasteiger partial charge in [0.15, 0.2) is 5.65 Å². The second kappa shape index (κ2) is 7.77. The first-order valence-corrected chi connectivity index (χ1v) is 9.15. The summed E-state index contributed by atoms with van der Waals surface area (Å²) in [6.45, 7) is 2.77. The van der Waals surface area contributed by atoms with Crippen LogP contribution >= 0.6 is 0 Å². The summed E-state index contributed by atoms with van der Waals surface area (Å²) in [7, 11) is 3.75. The van der Waals surface area contributed by atoms with Crippen molar-refractivity contribution in [3.8, 4) is 11.3 Å². The molecule has 8 nitrogen and oxygen atoms in total. The Bertz CT molecular complexity index is 1010. The minimum atomic E-state index is -0.141. The summed E-state index contributed by atoms with van der Waals surface area (Å²) in [5.41, 5.74) is 2.78. The molecule has 0 aliphatic carbocycles. The van der Waals surface area contributed by atoms with Gasteiger partial charge in [0.05, 0.1) is 18.9 Å². The number of ether oxygens (including phenoxy) is 1. The average molecular weight is 378 g/mol. The number of morpholine rings is 1. The molecule has 144 valence electrons. The predicted molar refractivity (Wildman–Crippen MR) is 106 cm³/mol. The van der Waals surface area contributed by atoms with E-state index in [1.54, 1.807) is 23.1 Å². The molecule has 8 heteroatoms. The van der Waals surface area contributed by atoms with Crippen molar-refractivity contribution in [1.29, 1.82) is 0 Å². The smallest absolute Gasteiger partial charge is 0.205 e. The van der Waals surface area contributed by atoms with Gasteiger partial charge in [-0.3, -0.25) is 9.78 Å². The van der Waals surface area contributed by atoms with Crippen molar-refractivity contribution in [2.24, 2.45) is 0 Å². The second-order valence-electron chi connectivity index (χ2n) is 6.78. The number of carbonyl (C=O) groups is 1. The zero-order valence-corrected chi connectivity index (χ0v) is 15.9. The van der Waals surface area contributed by atoms with Crippen LogP contribution in [0.5, 0.6) is 0 Å². The van der Waals surface area contributed by atoms with E-state index in [0.717, 1.165) is 30.2 Å². The van der Waals surface area contributed by atoms with Gasteiger partial charge in [-0.25, -0.2) is 4.98 Å². The monoisotopic (exact) mass is 378 g/mol. The van der Waals surface area contributed by atoms with Crippen molar-refractivity contribution in [1.82, 2.24) is 24.5 Å². The van der Waals surface area contributed by atoms with Gasteiger partial charge in [-0.1, -0.05) is 0 Å². The molecule has 0 unspecified atom stereocenters. The quantitative estimate of drug-likeness (QED) is 0.496. The van der Waals surface area contributed by atoms with Crippen LogP contribution in [-0.4, -0.2) is 70.7 Å². The predicted octanol–water partition coefficient (Wildman–Crippen LogP) is 1.89. The largest absolute Gasteiger partial charge is 0.383 e. The molecule has 28 heavy (non-hydrogen) atoms. The first kappa shape index (κ1) is 18.1. The number of allylic oxidation sites excluding steroid dienone is 1. The van der Waals surface area contributed by atoms with Gasteiger partial charge in [0, 0.05) is 69.6 Å². The molecule has 0 spiro atoms. The maximum Gasteiger partial charge on any atom is 0.205 e. The van der Waals surface area contributed by atoms with Gasteiger partial charge in [-0.15, -0.1) is 0 Å². The molecule has 4 rings (SSSR count). The van der Waals surface area contributed by atoms with Crippen molar-refractivity contribution in [2.75, 3.05) is 45.3 Å². The zero-order chi connectivity index (χ0) is 19.5. The highest BCUT2D eigenvalue weighted by atomic mass is 16.5. The number of ketones is 1. The molecule has 1 aliphatic rings. The van der Waals surface area contributed by atoms with E-state index in [4.69, 9.17) is 9.84 Å². The maximum absolute atomic E-state index is 12.6. The molecule has 1 aliphatic heterocycles. The molecule has 0 bridgehead atoms. The molecular formula is C20H22N6O2. The van der Waals surface area contributed by atoms with E-state index in [2.05, 4.69) is 14.9 Å². The van der Waals surface area contributed by atoms with Gasteiger partial charge in [0.2, 0.25) is 5.78 Å². The lowest BCUT2D eigenvalue weighted by Gasteiger charge is -2.29. The third kappa shape index (κ3) is 3.72. The van der Waals surface area contributed by atoms with Crippen molar-refractivity contribution in [3.63, 3.8) is 0 Å². The highest BCUT2D eigenvalue weighted by molar-refractivity contribution is 6.03. The molecule has 3 aromatic heterocycles. The number of fused-ring (bicyclic) bond motifs is 1. The lowest BCUT2D eigenvalue weighted by molar-refractivity contribution is 0.104. The van der Waals surface area contributed by atoms with E-state index in [1.807, 2.05) is 43.3 Å². The van der Waals surface area contributed by atoms with E-state index in [0.29, 0.717) is 24.6 Å². The van der Waals surface area contributed by atoms with Crippen LogP contribution in [0.25, 0.3) is 16.9 Å². The molecule has 4 heterocycles. The van der Waals surface area contributed by atoms with Gasteiger partial charge in [0.25, 0.3) is 0 Å². The number of anilines is 1. The molecule has 0 amide bonds. The molecule has 3 aromatic rings. The summed E-state index contributed by atoms with van der Waals surface area (Å²) in [5, 5.41) is 4.74. The summed E-state index contributed by atoms with van der Waals surface area (Å²) in [5.74, 6) is 0.701. The summed E-state index contributed by atoms with van der Waals surface area (Å²) < 4.78 is 7.27. The summed E-state index contributed by atoms with van der Waals surface area (Å²) in [4.78, 5) is 25.3. The maximum atomic E-state index is 12.6. The van der Waals surface area contributed by atoms with Crippen molar-refractivity contribution < 1.29 is 9.53 Å². The first-order valence-electron chi connectivity index (χ1n) is 9.15. The number of carbonyl (C=O) groups excluding carboxylic acids is 1. The summed E-state index contributed by atoms with van der Waals surface area (Å²) in [6.07, 6.45) is 6.72. The first-order chi connectivity index (χ1) is 13.6. The van der Waals surface area contributed by atoms with Crippen LogP contribution < -0.4 is 4.90 Å². The molecule has 0 saturated carbocycles. The Labute approximate surface area is 163 Å². The van der Waals surface area contributed by atoms with E-state index in [1.165, 1.54) is 6.08 Å². The number of pyridine rings is 1. The average Bonchev–Trinajstić information content (AvgIpc) is 3.17. The van der Waals surface area contributed by atoms with E-state index < -0.39 is 0 Å². The lowest BCUT2D eigenvalue weighted by Crippen LogP contribution is -2.37. The summed E-state index contributed by atoms with van der Waals surface area (Å²) in [6, 6.07) is 7.51. The normalized spacial score (nSPS) is 14.7. The van der Waals surface area contributed by atoms with Crippen molar-refractivity contribution >= 4 is 17.2 Å². The van der Waals surface area contributed by atoms with Gasteiger partial charge >= 0.3 is 0 Å². The van der Waals surface area contributed by atoms with E-state index in [-0.39, 0.29) is 5.78 Å². The standard InChI is InChI=1S/C20H22N6O2/c1-24(2)8-5-18(27)17-14-20(25-9-11-28-12-10-25)26-19(22-17)13-16(23-26)15-3-6-21-7-4-15/h3-8,13-14H,9-12H2,1-2H3/b8-5-. The van der Waals surface area contributed by atoms with Crippen LogP contribution in [0.15, 0.2) is 48.9 Å². The number of rotatable bonds is 5. The lowest BCUT2D eigenvalue weighted by atomic mass is 10.2. The fourth-order valence-electron chi connectivity index (χ4n) is 3.07. The molecular weight excluding hydrogens is 356 g/mol. The highest BCUT2D eigenvalue weighted by Crippen LogP contribution is 2.24. The van der Waals surface area contributed by atoms with Crippen LogP contribution in [0.1, 0.15) is 10.5 Å². The Kier molecular flexibility index (Phi) is 5.03. The number of hydrogen-bond donors (Lipinski definition) is 0. The number of aromatic nitrogens is 4. The molecule has 0 radical (unpaired) electrons. The topological polar surface area (TPSA) is 75.9 Å². The molecule has 0 atom stereocenters. The number of nitrogens with zero attached hydrogens (tertiary/aromatic N) is 6. The molecule has 0 N–H and O–H groups in total. The fraction of sp³-hybridized carbons (Fsp3) is 0.300. The SMILES string of the molecule is CN(C)/C=C\C(=O)c1cc(N2CCOCC2)n2nc(-c3ccncc3)cc2n1. The van der Waals surface area contributed by atoms with Crippen LogP contribution in [0.3, 0.4) is 0 Å². The van der Waals surface area contributed by atoms with Crippen molar-refractivity contribution in [2.45, 2.75) is 0 Å². The Morgan fingerprint density at radius 2 is 1.93 bits per heavy atom. The Hall–Kier alpha value is -3.26. The van der Waals surface area contributed by atoms with Crippen molar-refractivity contribution in [3.05, 3.63) is 54.6 Å². The van der Waals surface area contributed by atoms with Gasteiger partial charge in [-0.05, 0) is 12.1 Å². The third-order valence-corrected chi connectivity index (χ3v) is 4.50. The van der Waals surface area contributed by atoms with Crippen LogP contribution in [0.4, 0.5) is 5.82 Å². The molecule has 0 aromatic carbocycles. The minimum absolute atomic E-state index is 0.141. The van der Waals surface area contributed by atoms with Gasteiger partial charge < -0.3 is 14.5 Å². The van der Waals surface area contributed by atoms with E-state index in [9.17, 15) is 4.79 Å². The van der Waals surface area contributed by atoms with Crippen LogP contribution in [-0.2, 0) is 4.74 Å². The van der Waals surface area contributed by atoms with Gasteiger partial charge in [0.1, 0.15) is 11.5 Å². The fourth-order valence-corrected chi connectivity index (χ4v) is 3.07. The third-order valence-electron chi connectivity index (χ3n) is 4.50. The minimum Gasteiger partial charge on any atom is -0.383 e. The zero-order valence-electron chi connectivity index (χ0n) is 15.9. The Morgan fingerprint density at radius 3 is 2.64 bits per heavy atom. The van der Waals surface area contributed by atoms with Crippen LogP contribution in [0.2, 0.25) is 0 Å². The Balaban J connectivity index is 1.82. The van der Waals surface area contributed by atoms with Gasteiger partial charge in [-0.2, -0.15) is 9.61 Å². The molecule has 1 saturated heterocycles. The van der Waals surface area contributed by atoms with Crippen LogP contribution in [0, 0.1) is 0 Å². The summed E-state index contributed by atoms with van der Waals surface area (Å²) >= 11 is 0. The Morgan fingerprint density at radius 1 is 1.18 bits per heavy atom.